The van der Waals surface area contributed by atoms with Gasteiger partial charge in [0.05, 0.1) is 5.52 Å². The molecule has 1 aromatic heterocycles. The van der Waals surface area contributed by atoms with Crippen LogP contribution in [0.2, 0.25) is 5.02 Å². The summed E-state index contributed by atoms with van der Waals surface area (Å²) in [6.07, 6.45) is 3.00. The van der Waals surface area contributed by atoms with E-state index in [1.165, 1.54) is 24.5 Å². The third-order valence-electron chi connectivity index (χ3n) is 3.93. The predicted octanol–water partition coefficient (Wildman–Crippen LogP) is 2.91. The zero-order valence-electron chi connectivity index (χ0n) is 18.4. The minimum atomic E-state index is -4.64. The first kappa shape index (κ1) is 32.2. The van der Waals surface area contributed by atoms with Crippen LogP contribution in [0.25, 0.3) is 10.9 Å². The van der Waals surface area contributed by atoms with E-state index in [4.69, 9.17) is 50.1 Å². The number of hydrogen-bond donors (Lipinski definition) is 7. The van der Waals surface area contributed by atoms with Gasteiger partial charge < -0.3 is 39.6 Å². The maximum Gasteiger partial charge on any atom is 0.466 e. The number of fused-ring (bicyclic) bond motifs is 1. The molecule has 0 spiro atoms. The summed E-state index contributed by atoms with van der Waals surface area (Å²) in [5, 5.41) is 5.38. The van der Waals surface area contributed by atoms with Crippen molar-refractivity contribution >= 4 is 55.6 Å². The lowest BCUT2D eigenvalue weighted by Gasteiger charge is -2.17. The molecule has 7 N–H and O–H groups in total. The first-order valence-corrected chi connectivity index (χ1v) is 14.6. The van der Waals surface area contributed by atoms with Gasteiger partial charge in [0, 0.05) is 41.1 Å². The Morgan fingerprint density at radius 3 is 2.12 bits per heavy atom. The van der Waals surface area contributed by atoms with Gasteiger partial charge in [-0.1, -0.05) is 25.4 Å². The minimum absolute atomic E-state index is 0.728. The molecule has 190 valence electrons. The zero-order valence-corrected chi connectivity index (χ0v) is 21.8. The van der Waals surface area contributed by atoms with Gasteiger partial charge in [-0.05, 0) is 49.5 Å². The molecular weight excluding hydrogens is 516 g/mol. The monoisotopic (exact) mass is 547 g/mol. The van der Waals surface area contributed by atoms with Gasteiger partial charge >= 0.3 is 15.6 Å². The molecule has 1 aromatic carbocycles. The number of nitrogens with zero attached hydrogens (tertiary/aromatic N) is 2. The van der Waals surface area contributed by atoms with E-state index < -0.39 is 15.6 Å². The number of halogens is 1. The maximum absolute atomic E-state index is 8.88. The molecule has 0 amide bonds. The summed E-state index contributed by atoms with van der Waals surface area (Å²) < 4.78 is 17.8. The van der Waals surface area contributed by atoms with Gasteiger partial charge in [0.2, 0.25) is 0 Å². The Hall–Kier alpha value is -0.750. The molecule has 0 fully saturated rings. The summed E-state index contributed by atoms with van der Waals surface area (Å²) in [4.78, 5) is 50.0. The lowest BCUT2D eigenvalue weighted by atomic mass is 10.2. The van der Waals surface area contributed by atoms with Crippen molar-refractivity contribution in [3.8, 4) is 0 Å². The van der Waals surface area contributed by atoms with Crippen LogP contribution in [0, 0.1) is 0 Å². The molecule has 0 aliphatic rings. The number of anilines is 1. The third-order valence-corrected chi connectivity index (χ3v) is 5.22. The molecular formula is C18H32ClN3O8P2S. The number of phosphoric acid groups is 2. The standard InChI is InChI=1S/C18H26ClN3S.2H3O4P/c1-3-22(4-2)11-13-23-12-5-9-20-17-8-10-21-18-14-15(19)6-7-16(17)18;2*1-5(2,3)4/h6-8,10,14H,3-5,9,11-13H2,1-2H3,(H,20,21);2*(H3,1,2,3,4). The van der Waals surface area contributed by atoms with Crippen LogP contribution in [0.3, 0.4) is 0 Å². The predicted molar refractivity (Wildman–Crippen MR) is 133 cm³/mol. The topological polar surface area (TPSA) is 184 Å². The van der Waals surface area contributed by atoms with Crippen molar-refractivity contribution in [3.63, 3.8) is 0 Å². The van der Waals surface area contributed by atoms with Gasteiger partial charge in [0.25, 0.3) is 0 Å². The Balaban J connectivity index is 0.000000859. The van der Waals surface area contributed by atoms with E-state index in [0.717, 1.165) is 41.2 Å². The molecule has 1 heterocycles. The highest BCUT2D eigenvalue weighted by atomic mass is 35.5. The minimum Gasteiger partial charge on any atom is -0.384 e. The number of benzene rings is 1. The second-order valence-electron chi connectivity index (χ2n) is 6.47. The zero-order chi connectivity index (χ0) is 25.5. The van der Waals surface area contributed by atoms with Crippen LogP contribution in [-0.4, -0.2) is 76.9 Å². The number of pyridine rings is 1. The van der Waals surface area contributed by atoms with Crippen LogP contribution in [0.1, 0.15) is 20.3 Å². The van der Waals surface area contributed by atoms with Crippen LogP contribution in [0.15, 0.2) is 30.5 Å². The van der Waals surface area contributed by atoms with Crippen molar-refractivity contribution in [1.29, 1.82) is 0 Å². The molecule has 0 aliphatic heterocycles. The first-order chi connectivity index (χ1) is 15.2. The fraction of sp³-hybridized carbons (Fsp3) is 0.500. The van der Waals surface area contributed by atoms with Crippen LogP contribution >= 0.6 is 39.0 Å². The van der Waals surface area contributed by atoms with Gasteiger partial charge in [0.15, 0.2) is 0 Å². The van der Waals surface area contributed by atoms with E-state index in [0.29, 0.717) is 0 Å². The van der Waals surface area contributed by atoms with Crippen LogP contribution in [0.4, 0.5) is 5.69 Å². The van der Waals surface area contributed by atoms with E-state index in [1.807, 2.05) is 42.2 Å². The van der Waals surface area contributed by atoms with Crippen LogP contribution in [0.5, 0.6) is 0 Å². The Morgan fingerprint density at radius 2 is 1.58 bits per heavy atom. The van der Waals surface area contributed by atoms with Gasteiger partial charge in [-0.3, -0.25) is 4.98 Å². The molecule has 11 nitrogen and oxygen atoms in total. The Bertz CT molecular complexity index is 875. The average Bonchev–Trinajstić information content (AvgIpc) is 2.67. The Morgan fingerprint density at radius 1 is 1.00 bits per heavy atom. The van der Waals surface area contributed by atoms with Crippen molar-refractivity contribution in [2.45, 2.75) is 20.3 Å². The number of nitrogens with one attached hydrogen (secondary N) is 1. The van der Waals surface area contributed by atoms with Crippen molar-refractivity contribution in [1.82, 2.24) is 9.88 Å². The number of rotatable bonds is 10. The lowest BCUT2D eigenvalue weighted by molar-refractivity contribution is 0.272. The van der Waals surface area contributed by atoms with E-state index in [9.17, 15) is 0 Å². The Kier molecular flexibility index (Phi) is 16.4. The molecule has 0 bridgehead atoms. The smallest absolute Gasteiger partial charge is 0.384 e. The van der Waals surface area contributed by atoms with Gasteiger partial charge in [-0.15, -0.1) is 0 Å². The highest BCUT2D eigenvalue weighted by Crippen LogP contribution is 2.26. The highest BCUT2D eigenvalue weighted by Gasteiger charge is 2.03. The van der Waals surface area contributed by atoms with Gasteiger partial charge in [0.1, 0.15) is 0 Å². The summed E-state index contributed by atoms with van der Waals surface area (Å²) in [6.45, 7) is 8.94. The van der Waals surface area contributed by atoms with Crippen molar-refractivity contribution in [3.05, 3.63) is 35.5 Å². The molecule has 0 saturated heterocycles. The third kappa shape index (κ3) is 20.3. The summed E-state index contributed by atoms with van der Waals surface area (Å²) in [7, 11) is -9.28. The number of thioether (sulfide) groups is 1. The van der Waals surface area contributed by atoms with Crippen molar-refractivity contribution in [2.24, 2.45) is 0 Å². The second kappa shape index (κ2) is 16.8. The normalized spacial score (nSPS) is 11.5. The summed E-state index contributed by atoms with van der Waals surface area (Å²) in [5.74, 6) is 2.42. The molecule has 0 saturated carbocycles. The van der Waals surface area contributed by atoms with E-state index >= 15 is 0 Å². The van der Waals surface area contributed by atoms with Crippen LogP contribution < -0.4 is 5.32 Å². The summed E-state index contributed by atoms with van der Waals surface area (Å²) >= 11 is 8.06. The van der Waals surface area contributed by atoms with E-state index in [2.05, 4.69) is 29.0 Å². The van der Waals surface area contributed by atoms with Gasteiger partial charge in [-0.2, -0.15) is 11.8 Å². The fourth-order valence-corrected chi connectivity index (χ4v) is 3.61. The highest BCUT2D eigenvalue weighted by molar-refractivity contribution is 7.99. The molecule has 2 aromatic rings. The maximum atomic E-state index is 8.88. The number of aromatic nitrogens is 1. The molecule has 15 heteroatoms. The van der Waals surface area contributed by atoms with E-state index in [-0.39, 0.29) is 0 Å². The molecule has 0 aliphatic carbocycles. The Labute approximate surface area is 202 Å². The van der Waals surface area contributed by atoms with Crippen molar-refractivity contribution < 1.29 is 38.5 Å². The van der Waals surface area contributed by atoms with Crippen LogP contribution in [-0.2, 0) is 9.13 Å². The molecule has 0 unspecified atom stereocenters. The molecule has 33 heavy (non-hydrogen) atoms. The summed E-state index contributed by atoms with van der Waals surface area (Å²) in [5.41, 5.74) is 2.08. The van der Waals surface area contributed by atoms with Crippen molar-refractivity contribution in [2.75, 3.05) is 43.0 Å². The quantitative estimate of drug-likeness (QED) is 0.171. The molecule has 2 rings (SSSR count). The first-order valence-electron chi connectivity index (χ1n) is 9.89. The largest absolute Gasteiger partial charge is 0.466 e. The number of hydrogen-bond acceptors (Lipinski definition) is 6. The lowest BCUT2D eigenvalue weighted by Crippen LogP contribution is -2.25. The fourth-order valence-electron chi connectivity index (χ4n) is 2.51. The molecule has 0 radical (unpaired) electrons. The van der Waals surface area contributed by atoms with Gasteiger partial charge in [-0.25, -0.2) is 9.13 Å². The van der Waals surface area contributed by atoms with E-state index in [1.54, 1.807) is 0 Å². The second-order valence-corrected chi connectivity index (χ2v) is 10.2. The average molecular weight is 548 g/mol. The summed E-state index contributed by atoms with van der Waals surface area (Å²) in [6, 6.07) is 7.89. The molecule has 0 atom stereocenters. The SMILES string of the molecule is CCN(CC)CCSCCCNc1ccnc2cc(Cl)ccc12.O=P(O)(O)O.O=P(O)(O)O.